The zero-order valence-corrected chi connectivity index (χ0v) is 18.1. The number of hydrogen-bond donors (Lipinski definition) is 1. The van der Waals surface area contributed by atoms with Gasteiger partial charge < -0.3 is 19.5 Å². The van der Waals surface area contributed by atoms with Crippen molar-refractivity contribution in [3.05, 3.63) is 70.9 Å². The molecule has 2 aromatic carbocycles. The van der Waals surface area contributed by atoms with Crippen molar-refractivity contribution in [2.24, 2.45) is 0 Å². The third-order valence-electron chi connectivity index (χ3n) is 6.86. The zero-order chi connectivity index (χ0) is 21.8. The minimum Gasteiger partial charge on any atom is -0.383 e. The lowest BCUT2D eigenvalue weighted by atomic mass is 9.76. The van der Waals surface area contributed by atoms with Gasteiger partial charge in [-0.05, 0) is 31.0 Å². The normalized spacial score (nSPS) is 23.3. The topological polar surface area (TPSA) is 65.6 Å². The number of H-pyrrole nitrogens is 1. The number of aromatic amines is 1. The number of methoxy groups -OCH3 is 1. The van der Waals surface area contributed by atoms with Crippen molar-refractivity contribution in [2.75, 3.05) is 33.4 Å². The molecule has 2 aliphatic rings. The highest BCUT2D eigenvalue weighted by atomic mass is 16.5. The van der Waals surface area contributed by atoms with Crippen LogP contribution in [0.1, 0.15) is 35.2 Å². The fourth-order valence-electron chi connectivity index (χ4n) is 5.16. The fourth-order valence-corrected chi connectivity index (χ4v) is 5.16. The molecule has 6 nitrogen and oxygen atoms in total. The van der Waals surface area contributed by atoms with Crippen molar-refractivity contribution in [2.45, 2.75) is 25.3 Å². The summed E-state index contributed by atoms with van der Waals surface area (Å²) in [5, 5.41) is 1.11. The lowest BCUT2D eigenvalue weighted by Crippen LogP contribution is -2.67. The molecule has 1 saturated heterocycles. The van der Waals surface area contributed by atoms with Crippen LogP contribution in [0.15, 0.2) is 48.5 Å². The van der Waals surface area contributed by atoms with E-state index in [1.165, 1.54) is 5.56 Å². The van der Waals surface area contributed by atoms with Gasteiger partial charge in [0.05, 0.1) is 18.8 Å². The Morgan fingerprint density at radius 1 is 1.13 bits per heavy atom. The van der Waals surface area contributed by atoms with Crippen molar-refractivity contribution in [3.63, 3.8) is 0 Å². The average Bonchev–Trinajstić information content (AvgIpc) is 3.17. The molecule has 5 rings (SSSR count). The number of hydrogen-bond acceptors (Lipinski definition) is 3. The first-order chi connectivity index (χ1) is 14.9. The van der Waals surface area contributed by atoms with Gasteiger partial charge in [-0.25, -0.2) is 0 Å². The SMILES string of the molecule is COCCN1CC(=O)N2C[C@@H](c3ccc(C)cc3)c3c([nH]c4ccccc34)[C@]2(C)C1=O. The van der Waals surface area contributed by atoms with Gasteiger partial charge in [0.1, 0.15) is 0 Å². The van der Waals surface area contributed by atoms with Gasteiger partial charge in [-0.3, -0.25) is 9.59 Å². The van der Waals surface area contributed by atoms with Crippen LogP contribution in [0.4, 0.5) is 0 Å². The number of fused-ring (bicyclic) bond motifs is 5. The molecule has 0 aliphatic carbocycles. The van der Waals surface area contributed by atoms with E-state index in [9.17, 15) is 9.59 Å². The maximum absolute atomic E-state index is 13.7. The summed E-state index contributed by atoms with van der Waals surface area (Å²) in [6.07, 6.45) is 0. The number of aryl methyl sites for hydroxylation is 1. The van der Waals surface area contributed by atoms with Gasteiger partial charge in [-0.1, -0.05) is 48.0 Å². The standard InChI is InChI=1S/C25H27N3O3/c1-16-8-10-17(11-9-16)19-14-28-21(29)15-27(12-13-31-3)24(30)25(28,2)23-22(19)18-6-4-5-7-20(18)26-23/h4-11,19,26H,12-15H2,1-3H3/t19-,25+/m0/s1. The number of amides is 2. The van der Waals surface area contributed by atoms with Crippen molar-refractivity contribution >= 4 is 22.7 Å². The van der Waals surface area contributed by atoms with E-state index in [1.807, 2.05) is 25.1 Å². The lowest BCUT2D eigenvalue weighted by Gasteiger charge is -2.51. The molecule has 160 valence electrons. The van der Waals surface area contributed by atoms with Gasteiger partial charge in [-0.15, -0.1) is 0 Å². The Kier molecular flexibility index (Phi) is 4.63. The number of aromatic nitrogens is 1. The van der Waals surface area contributed by atoms with Crippen LogP contribution in [0.5, 0.6) is 0 Å². The number of carbonyl (C=O) groups is 2. The summed E-state index contributed by atoms with van der Waals surface area (Å²) in [7, 11) is 1.60. The monoisotopic (exact) mass is 417 g/mol. The molecule has 0 unspecified atom stereocenters. The van der Waals surface area contributed by atoms with Gasteiger partial charge in [0.25, 0.3) is 5.91 Å². The van der Waals surface area contributed by atoms with Crippen molar-refractivity contribution in [1.29, 1.82) is 0 Å². The summed E-state index contributed by atoms with van der Waals surface area (Å²) in [5.74, 6) is -0.0824. The molecular formula is C25H27N3O3. The Bertz CT molecular complexity index is 1170. The first-order valence-corrected chi connectivity index (χ1v) is 10.7. The Balaban J connectivity index is 1.72. The largest absolute Gasteiger partial charge is 0.383 e. The highest BCUT2D eigenvalue weighted by molar-refractivity contribution is 6.01. The maximum Gasteiger partial charge on any atom is 0.255 e. The molecule has 3 heterocycles. The van der Waals surface area contributed by atoms with Crippen LogP contribution >= 0.6 is 0 Å². The number of rotatable bonds is 4. The Hall–Kier alpha value is -3.12. The molecule has 3 aromatic rings. The van der Waals surface area contributed by atoms with Gasteiger partial charge in [-0.2, -0.15) is 0 Å². The molecule has 0 radical (unpaired) electrons. The maximum atomic E-state index is 13.7. The number of carbonyl (C=O) groups excluding carboxylic acids is 2. The predicted octanol–water partition coefficient (Wildman–Crippen LogP) is 3.15. The fraction of sp³-hybridized carbons (Fsp3) is 0.360. The predicted molar refractivity (Wildman–Crippen MR) is 119 cm³/mol. The number of piperazine rings is 1. The smallest absolute Gasteiger partial charge is 0.255 e. The first kappa shape index (κ1) is 19.8. The molecule has 0 saturated carbocycles. The molecular weight excluding hydrogens is 390 g/mol. The molecule has 2 atom stereocenters. The van der Waals surface area contributed by atoms with Crippen molar-refractivity contribution in [3.8, 4) is 0 Å². The van der Waals surface area contributed by atoms with Gasteiger partial charge in [0.2, 0.25) is 5.91 Å². The van der Waals surface area contributed by atoms with Crippen LogP contribution in [0.2, 0.25) is 0 Å². The summed E-state index contributed by atoms with van der Waals surface area (Å²) >= 11 is 0. The number of benzene rings is 2. The van der Waals surface area contributed by atoms with E-state index in [4.69, 9.17) is 4.74 Å². The molecule has 0 bridgehead atoms. The van der Waals surface area contributed by atoms with Crippen molar-refractivity contribution < 1.29 is 14.3 Å². The molecule has 1 N–H and O–H groups in total. The Morgan fingerprint density at radius 2 is 1.87 bits per heavy atom. The average molecular weight is 418 g/mol. The van der Waals surface area contributed by atoms with Gasteiger partial charge in [0.15, 0.2) is 5.54 Å². The van der Waals surface area contributed by atoms with Crippen LogP contribution < -0.4 is 0 Å². The summed E-state index contributed by atoms with van der Waals surface area (Å²) in [6.45, 7) is 5.33. The second-order valence-corrected chi connectivity index (χ2v) is 8.72. The Labute approximate surface area is 181 Å². The Morgan fingerprint density at radius 3 is 2.61 bits per heavy atom. The van der Waals surface area contributed by atoms with E-state index in [0.29, 0.717) is 19.7 Å². The van der Waals surface area contributed by atoms with E-state index in [1.54, 1.807) is 16.9 Å². The van der Waals surface area contributed by atoms with E-state index in [0.717, 1.165) is 27.7 Å². The zero-order valence-electron chi connectivity index (χ0n) is 18.1. The van der Waals surface area contributed by atoms with E-state index >= 15 is 0 Å². The quantitative estimate of drug-likeness (QED) is 0.709. The van der Waals surface area contributed by atoms with Crippen molar-refractivity contribution in [1.82, 2.24) is 14.8 Å². The summed E-state index contributed by atoms with van der Waals surface area (Å²) in [5.41, 5.74) is 4.22. The molecule has 2 amide bonds. The van der Waals surface area contributed by atoms with Crippen LogP contribution in [-0.4, -0.2) is 59.9 Å². The molecule has 31 heavy (non-hydrogen) atoms. The van der Waals surface area contributed by atoms with Crippen LogP contribution in [0.25, 0.3) is 10.9 Å². The third kappa shape index (κ3) is 2.89. The number of nitrogens with zero attached hydrogens (tertiary/aromatic N) is 2. The highest BCUT2D eigenvalue weighted by Crippen LogP contribution is 2.48. The van der Waals surface area contributed by atoms with Gasteiger partial charge in [0, 0.05) is 37.0 Å². The minimum absolute atomic E-state index is 0.00194. The second kappa shape index (κ2) is 7.24. The highest BCUT2D eigenvalue weighted by Gasteiger charge is 2.56. The number of para-hydroxylation sites is 1. The second-order valence-electron chi connectivity index (χ2n) is 8.72. The van der Waals surface area contributed by atoms with Crippen LogP contribution in [0, 0.1) is 6.92 Å². The molecule has 2 aliphatic heterocycles. The van der Waals surface area contributed by atoms with E-state index < -0.39 is 5.54 Å². The number of nitrogens with one attached hydrogen (secondary N) is 1. The van der Waals surface area contributed by atoms with Gasteiger partial charge >= 0.3 is 0 Å². The number of ether oxygens (including phenoxy) is 1. The lowest BCUT2D eigenvalue weighted by molar-refractivity contribution is -0.166. The van der Waals surface area contributed by atoms with E-state index in [2.05, 4.69) is 42.2 Å². The molecule has 1 fully saturated rings. The minimum atomic E-state index is -1.06. The molecule has 6 heteroatoms. The summed E-state index contributed by atoms with van der Waals surface area (Å²) in [6, 6.07) is 16.6. The summed E-state index contributed by atoms with van der Waals surface area (Å²) in [4.78, 5) is 33.9. The van der Waals surface area contributed by atoms with Crippen LogP contribution in [0.3, 0.4) is 0 Å². The van der Waals surface area contributed by atoms with Crippen LogP contribution in [-0.2, 0) is 19.9 Å². The third-order valence-corrected chi connectivity index (χ3v) is 6.86. The summed E-state index contributed by atoms with van der Waals surface area (Å²) < 4.78 is 5.17. The molecule has 1 aromatic heterocycles. The molecule has 0 spiro atoms. The first-order valence-electron chi connectivity index (χ1n) is 10.7. The van der Waals surface area contributed by atoms with E-state index in [-0.39, 0.29) is 24.3 Å².